The van der Waals surface area contributed by atoms with Gasteiger partial charge in [0.2, 0.25) is 5.88 Å². The third-order valence-corrected chi connectivity index (χ3v) is 3.23. The van der Waals surface area contributed by atoms with E-state index in [1.807, 2.05) is 0 Å². The highest BCUT2D eigenvalue weighted by Crippen LogP contribution is 2.30. The van der Waals surface area contributed by atoms with E-state index in [-0.39, 0.29) is 11.6 Å². The Bertz CT molecular complexity index is 841. The summed E-state index contributed by atoms with van der Waals surface area (Å²) in [7, 11) is 0. The van der Waals surface area contributed by atoms with Crippen molar-refractivity contribution in [1.82, 2.24) is 15.0 Å². The van der Waals surface area contributed by atoms with Crippen molar-refractivity contribution >= 4 is 32.7 Å². The second-order valence-corrected chi connectivity index (χ2v) is 4.90. The minimum Gasteiger partial charge on any atom is -0.438 e. The van der Waals surface area contributed by atoms with Crippen LogP contribution in [0.2, 0.25) is 0 Å². The van der Waals surface area contributed by atoms with Crippen LogP contribution in [0.1, 0.15) is 0 Å². The maximum atomic E-state index is 10.7. The van der Waals surface area contributed by atoms with Crippen LogP contribution in [-0.4, -0.2) is 19.9 Å². The van der Waals surface area contributed by atoms with Crippen molar-refractivity contribution < 1.29 is 9.66 Å². The molecule has 0 fully saturated rings. The van der Waals surface area contributed by atoms with Gasteiger partial charge in [-0.25, -0.2) is 4.98 Å². The standard InChI is InChI=1S/C13H7BrN4O3/c14-10-5-8(18(19)20)7-17-13(10)21-9-1-2-11-12(6-9)16-4-3-15-11/h1-7H. The van der Waals surface area contributed by atoms with E-state index in [2.05, 4.69) is 30.9 Å². The van der Waals surface area contributed by atoms with E-state index >= 15 is 0 Å². The molecule has 7 nitrogen and oxygen atoms in total. The zero-order valence-electron chi connectivity index (χ0n) is 10.4. The Balaban J connectivity index is 1.93. The molecule has 0 saturated heterocycles. The molecule has 3 aromatic rings. The van der Waals surface area contributed by atoms with Gasteiger partial charge in [0.25, 0.3) is 5.69 Å². The van der Waals surface area contributed by atoms with Gasteiger partial charge in [0.05, 0.1) is 20.4 Å². The number of ether oxygens (including phenoxy) is 1. The fourth-order valence-electron chi connectivity index (χ4n) is 1.71. The molecule has 2 heterocycles. The average molecular weight is 347 g/mol. The van der Waals surface area contributed by atoms with Crippen molar-refractivity contribution in [1.29, 1.82) is 0 Å². The number of pyridine rings is 1. The molecular weight excluding hydrogens is 340 g/mol. The molecule has 0 atom stereocenters. The van der Waals surface area contributed by atoms with Gasteiger partial charge >= 0.3 is 0 Å². The van der Waals surface area contributed by atoms with Crippen LogP contribution in [0.25, 0.3) is 11.0 Å². The van der Waals surface area contributed by atoms with E-state index in [4.69, 9.17) is 4.74 Å². The Morgan fingerprint density at radius 2 is 1.86 bits per heavy atom. The smallest absolute Gasteiger partial charge is 0.288 e. The fourth-order valence-corrected chi connectivity index (χ4v) is 2.13. The normalized spacial score (nSPS) is 10.5. The Morgan fingerprint density at radius 1 is 1.10 bits per heavy atom. The van der Waals surface area contributed by atoms with Gasteiger partial charge in [0, 0.05) is 24.5 Å². The highest BCUT2D eigenvalue weighted by Gasteiger charge is 2.12. The number of benzene rings is 1. The van der Waals surface area contributed by atoms with Crippen LogP contribution in [0, 0.1) is 10.1 Å². The van der Waals surface area contributed by atoms with Crippen molar-refractivity contribution in [3.8, 4) is 11.6 Å². The largest absolute Gasteiger partial charge is 0.438 e. The van der Waals surface area contributed by atoms with Crippen LogP contribution in [0.5, 0.6) is 11.6 Å². The minimum absolute atomic E-state index is 0.112. The van der Waals surface area contributed by atoms with E-state index in [0.717, 1.165) is 11.7 Å². The Hall–Kier alpha value is -2.61. The topological polar surface area (TPSA) is 91.0 Å². The molecule has 0 aliphatic carbocycles. The molecule has 0 bridgehead atoms. The van der Waals surface area contributed by atoms with Gasteiger partial charge in [-0.2, -0.15) is 0 Å². The molecule has 0 radical (unpaired) electrons. The SMILES string of the molecule is O=[N+]([O-])c1cnc(Oc2ccc3nccnc3c2)c(Br)c1. The summed E-state index contributed by atoms with van der Waals surface area (Å²) in [4.78, 5) is 22.4. The van der Waals surface area contributed by atoms with Crippen LogP contribution in [0.3, 0.4) is 0 Å². The molecule has 0 N–H and O–H groups in total. The first-order chi connectivity index (χ1) is 10.1. The molecule has 8 heteroatoms. The first-order valence-corrected chi connectivity index (χ1v) is 6.61. The first kappa shape index (κ1) is 13.4. The summed E-state index contributed by atoms with van der Waals surface area (Å²) in [5.41, 5.74) is 1.33. The van der Waals surface area contributed by atoms with Crippen molar-refractivity contribution in [3.63, 3.8) is 0 Å². The van der Waals surface area contributed by atoms with Gasteiger partial charge in [-0.05, 0) is 28.1 Å². The fraction of sp³-hybridized carbons (Fsp3) is 0. The summed E-state index contributed by atoms with van der Waals surface area (Å²) in [5.74, 6) is 0.758. The summed E-state index contributed by atoms with van der Waals surface area (Å²) in [6, 6.07) is 6.56. The molecule has 0 amide bonds. The first-order valence-electron chi connectivity index (χ1n) is 5.82. The maximum absolute atomic E-state index is 10.7. The van der Waals surface area contributed by atoms with Crippen molar-refractivity contribution in [2.75, 3.05) is 0 Å². The molecule has 3 rings (SSSR count). The average Bonchev–Trinajstić information content (AvgIpc) is 2.49. The lowest BCUT2D eigenvalue weighted by Crippen LogP contribution is -1.93. The molecule has 21 heavy (non-hydrogen) atoms. The third kappa shape index (κ3) is 2.79. The molecular formula is C13H7BrN4O3. The predicted octanol–water partition coefficient (Wildman–Crippen LogP) is 3.49. The summed E-state index contributed by atoms with van der Waals surface area (Å²) in [6.45, 7) is 0. The van der Waals surface area contributed by atoms with Crippen molar-refractivity contribution in [2.45, 2.75) is 0 Å². The summed E-state index contributed by atoms with van der Waals surface area (Å²) >= 11 is 3.20. The molecule has 0 saturated carbocycles. The lowest BCUT2D eigenvalue weighted by atomic mass is 10.3. The van der Waals surface area contributed by atoms with Crippen LogP contribution in [-0.2, 0) is 0 Å². The highest BCUT2D eigenvalue weighted by atomic mass is 79.9. The zero-order chi connectivity index (χ0) is 14.8. The van der Waals surface area contributed by atoms with Gasteiger partial charge in [-0.1, -0.05) is 0 Å². The van der Waals surface area contributed by atoms with E-state index < -0.39 is 4.92 Å². The van der Waals surface area contributed by atoms with E-state index in [1.54, 1.807) is 30.6 Å². The van der Waals surface area contributed by atoms with Gasteiger partial charge in [-0.3, -0.25) is 20.1 Å². The second kappa shape index (κ2) is 5.41. The quantitative estimate of drug-likeness (QED) is 0.532. The molecule has 0 aliphatic heterocycles. The lowest BCUT2D eigenvalue weighted by molar-refractivity contribution is -0.385. The van der Waals surface area contributed by atoms with Crippen molar-refractivity contribution in [2.24, 2.45) is 0 Å². The number of rotatable bonds is 3. The van der Waals surface area contributed by atoms with Crippen LogP contribution >= 0.6 is 15.9 Å². The molecule has 1 aromatic carbocycles. The minimum atomic E-state index is -0.521. The highest BCUT2D eigenvalue weighted by molar-refractivity contribution is 9.10. The number of hydrogen-bond donors (Lipinski definition) is 0. The molecule has 0 unspecified atom stereocenters. The van der Waals surface area contributed by atoms with Crippen molar-refractivity contribution in [3.05, 3.63) is 57.4 Å². The second-order valence-electron chi connectivity index (χ2n) is 4.05. The van der Waals surface area contributed by atoms with Gasteiger partial charge < -0.3 is 4.74 Å². The molecule has 2 aromatic heterocycles. The molecule has 0 spiro atoms. The summed E-state index contributed by atoms with van der Waals surface area (Å²) in [6.07, 6.45) is 4.34. The third-order valence-electron chi connectivity index (χ3n) is 2.66. The number of nitro groups is 1. The number of fused-ring (bicyclic) bond motifs is 1. The Kier molecular flexibility index (Phi) is 3.44. The maximum Gasteiger partial charge on any atom is 0.288 e. The molecule has 0 aliphatic rings. The lowest BCUT2D eigenvalue weighted by Gasteiger charge is -2.06. The summed E-state index contributed by atoms with van der Waals surface area (Å²) < 4.78 is 6.00. The summed E-state index contributed by atoms with van der Waals surface area (Å²) in [5, 5.41) is 10.7. The predicted molar refractivity (Wildman–Crippen MR) is 78.2 cm³/mol. The van der Waals surface area contributed by atoms with Gasteiger partial charge in [-0.15, -0.1) is 0 Å². The molecule has 104 valence electrons. The number of nitrogens with zero attached hydrogens (tertiary/aromatic N) is 4. The number of aromatic nitrogens is 3. The Labute approximate surface area is 126 Å². The van der Waals surface area contributed by atoms with Crippen LogP contribution in [0.4, 0.5) is 5.69 Å². The van der Waals surface area contributed by atoms with Gasteiger partial charge in [0.15, 0.2) is 0 Å². The number of hydrogen-bond acceptors (Lipinski definition) is 6. The van der Waals surface area contributed by atoms with Crippen LogP contribution < -0.4 is 4.74 Å². The number of halogens is 1. The van der Waals surface area contributed by atoms with E-state index in [1.165, 1.54) is 6.07 Å². The van der Waals surface area contributed by atoms with Crippen LogP contribution in [0.15, 0.2) is 47.3 Å². The van der Waals surface area contributed by atoms with E-state index in [0.29, 0.717) is 15.7 Å². The zero-order valence-corrected chi connectivity index (χ0v) is 12.0. The monoisotopic (exact) mass is 346 g/mol. The van der Waals surface area contributed by atoms with E-state index in [9.17, 15) is 10.1 Å². The Morgan fingerprint density at radius 3 is 2.57 bits per heavy atom. The van der Waals surface area contributed by atoms with Gasteiger partial charge in [0.1, 0.15) is 11.9 Å².